The summed E-state index contributed by atoms with van der Waals surface area (Å²) in [6.07, 6.45) is 7.38. The van der Waals surface area contributed by atoms with Gasteiger partial charge < -0.3 is 4.74 Å². The number of ether oxygens (including phenoxy) is 1. The van der Waals surface area contributed by atoms with Gasteiger partial charge in [0.25, 0.3) is 11.5 Å². The van der Waals surface area contributed by atoms with Crippen molar-refractivity contribution in [3.05, 3.63) is 74.5 Å². The van der Waals surface area contributed by atoms with Crippen LogP contribution in [0.3, 0.4) is 0 Å². The molecule has 1 saturated heterocycles. The van der Waals surface area contributed by atoms with Crippen LogP contribution in [0.15, 0.2) is 52.3 Å². The maximum atomic E-state index is 13.5. The number of hydrogen-bond donors (Lipinski definition) is 0. The molecule has 3 aromatic rings. The second kappa shape index (κ2) is 8.76. The van der Waals surface area contributed by atoms with E-state index in [1.54, 1.807) is 23.2 Å². The summed E-state index contributed by atoms with van der Waals surface area (Å²) in [7, 11) is 0. The summed E-state index contributed by atoms with van der Waals surface area (Å²) in [5.74, 6) is 0.603. The molecule has 0 spiro atoms. The number of fused-ring (bicyclic) bond motifs is 1. The van der Waals surface area contributed by atoms with Gasteiger partial charge in [0.15, 0.2) is 0 Å². The van der Waals surface area contributed by atoms with Crippen LogP contribution in [-0.4, -0.2) is 30.6 Å². The molecule has 168 valence electrons. The lowest BCUT2D eigenvalue weighted by atomic mass is 10.2. The first kappa shape index (κ1) is 21.9. The Bertz CT molecular complexity index is 1370. The molecule has 1 amide bonds. The zero-order valence-corrected chi connectivity index (χ0v) is 20.0. The molecule has 2 aliphatic rings. The molecule has 8 heteroatoms. The first-order valence-electron chi connectivity index (χ1n) is 11.0. The molecule has 0 atom stereocenters. The number of rotatable bonds is 4. The van der Waals surface area contributed by atoms with Crippen molar-refractivity contribution >= 4 is 45.9 Å². The number of aromatic nitrogens is 2. The van der Waals surface area contributed by atoms with E-state index >= 15 is 0 Å². The van der Waals surface area contributed by atoms with Crippen LogP contribution in [0.25, 0.3) is 11.7 Å². The molecule has 0 radical (unpaired) electrons. The van der Waals surface area contributed by atoms with Gasteiger partial charge in [0.2, 0.25) is 5.88 Å². The van der Waals surface area contributed by atoms with E-state index in [0.717, 1.165) is 36.8 Å². The lowest BCUT2D eigenvalue weighted by molar-refractivity contribution is -0.123. The van der Waals surface area contributed by atoms with Crippen molar-refractivity contribution in [2.24, 2.45) is 0 Å². The average Bonchev–Trinajstić information content (AvgIpc) is 3.39. The monoisotopic (exact) mass is 477 g/mol. The summed E-state index contributed by atoms with van der Waals surface area (Å²) in [5.41, 5.74) is 2.33. The SMILES string of the molecule is Cc1cccc(Oc2nc3c(C)cccn3c(=O)c2/C=C2/SC(=S)N(C3CCCC3)C2=O)c1. The number of hydrogen-bond acceptors (Lipinski definition) is 6. The van der Waals surface area contributed by atoms with E-state index in [2.05, 4.69) is 4.98 Å². The second-order valence-electron chi connectivity index (χ2n) is 8.43. The number of aryl methyl sites for hydroxylation is 2. The lowest BCUT2D eigenvalue weighted by Gasteiger charge is -2.21. The lowest BCUT2D eigenvalue weighted by Crippen LogP contribution is -2.36. The molecule has 0 bridgehead atoms. The molecule has 3 heterocycles. The van der Waals surface area contributed by atoms with E-state index in [-0.39, 0.29) is 29.0 Å². The van der Waals surface area contributed by atoms with Gasteiger partial charge in [-0.1, -0.05) is 55.0 Å². The minimum Gasteiger partial charge on any atom is -0.438 e. The Morgan fingerprint density at radius 3 is 2.70 bits per heavy atom. The van der Waals surface area contributed by atoms with Crippen molar-refractivity contribution in [1.82, 2.24) is 14.3 Å². The van der Waals surface area contributed by atoms with Crippen molar-refractivity contribution in [3.8, 4) is 11.6 Å². The zero-order chi connectivity index (χ0) is 23.1. The molecule has 1 aromatic carbocycles. The molecule has 0 unspecified atom stereocenters. The molecule has 1 aliphatic heterocycles. The third-order valence-corrected chi connectivity index (χ3v) is 7.37. The number of benzene rings is 1. The highest BCUT2D eigenvalue weighted by molar-refractivity contribution is 8.26. The van der Waals surface area contributed by atoms with Gasteiger partial charge in [-0.15, -0.1) is 0 Å². The van der Waals surface area contributed by atoms with E-state index in [1.807, 2.05) is 44.2 Å². The molecular formula is C25H23N3O3S2. The third-order valence-electron chi connectivity index (χ3n) is 6.04. The summed E-state index contributed by atoms with van der Waals surface area (Å²) in [5, 5.41) is 0. The molecule has 0 N–H and O–H groups in total. The van der Waals surface area contributed by atoms with Crippen molar-refractivity contribution in [2.75, 3.05) is 0 Å². The van der Waals surface area contributed by atoms with Crippen LogP contribution in [0.5, 0.6) is 11.6 Å². The molecule has 5 rings (SSSR count). The van der Waals surface area contributed by atoms with Crippen LogP contribution in [0.4, 0.5) is 0 Å². The maximum absolute atomic E-state index is 13.5. The zero-order valence-electron chi connectivity index (χ0n) is 18.4. The van der Waals surface area contributed by atoms with Gasteiger partial charge in [-0.25, -0.2) is 0 Å². The van der Waals surface area contributed by atoms with Crippen LogP contribution in [0.2, 0.25) is 0 Å². The van der Waals surface area contributed by atoms with Gasteiger partial charge in [0.1, 0.15) is 21.3 Å². The number of nitrogens with zero attached hydrogens (tertiary/aromatic N) is 3. The van der Waals surface area contributed by atoms with Crippen molar-refractivity contribution in [3.63, 3.8) is 0 Å². The Hall–Kier alpha value is -2.97. The number of thiocarbonyl (C=S) groups is 1. The highest BCUT2D eigenvalue weighted by Crippen LogP contribution is 2.38. The standard InChI is InChI=1S/C25H23N3O3S2/c1-15-7-5-11-18(13-15)31-22-19(23(29)27-12-6-8-16(2)21(27)26-22)14-20-24(30)28(25(32)33-20)17-9-3-4-10-17/h5-8,11-14,17H,3-4,9-10H2,1-2H3/b20-14+. The molecule has 2 aromatic heterocycles. The van der Waals surface area contributed by atoms with E-state index in [1.165, 1.54) is 16.2 Å². The highest BCUT2D eigenvalue weighted by Gasteiger charge is 2.38. The van der Waals surface area contributed by atoms with E-state index in [4.69, 9.17) is 17.0 Å². The Morgan fingerprint density at radius 1 is 1.15 bits per heavy atom. The van der Waals surface area contributed by atoms with Crippen molar-refractivity contribution in [2.45, 2.75) is 45.6 Å². The maximum Gasteiger partial charge on any atom is 0.269 e. The van der Waals surface area contributed by atoms with Gasteiger partial charge in [-0.05, 0) is 62.1 Å². The first-order valence-corrected chi connectivity index (χ1v) is 12.2. The smallest absolute Gasteiger partial charge is 0.269 e. The van der Waals surface area contributed by atoms with Crippen molar-refractivity contribution < 1.29 is 9.53 Å². The summed E-state index contributed by atoms with van der Waals surface area (Å²) in [6, 6.07) is 11.4. The average molecular weight is 478 g/mol. The van der Waals surface area contributed by atoms with Crippen LogP contribution >= 0.6 is 24.0 Å². The van der Waals surface area contributed by atoms with E-state index < -0.39 is 0 Å². The number of carbonyl (C=O) groups excluding carboxylic acids is 1. The fraction of sp³-hybridized carbons (Fsp3) is 0.280. The van der Waals surface area contributed by atoms with Crippen LogP contribution < -0.4 is 10.3 Å². The van der Waals surface area contributed by atoms with Gasteiger partial charge in [0, 0.05) is 12.2 Å². The summed E-state index contributed by atoms with van der Waals surface area (Å²) in [4.78, 5) is 33.5. The fourth-order valence-corrected chi connectivity index (χ4v) is 5.75. The largest absolute Gasteiger partial charge is 0.438 e. The Morgan fingerprint density at radius 2 is 1.94 bits per heavy atom. The Kier molecular flexibility index (Phi) is 5.80. The van der Waals surface area contributed by atoms with Crippen LogP contribution in [0.1, 0.15) is 42.4 Å². The molecule has 1 aliphatic carbocycles. The minimum absolute atomic E-state index is 0.143. The van der Waals surface area contributed by atoms with E-state index in [9.17, 15) is 9.59 Å². The first-order chi connectivity index (χ1) is 15.9. The number of pyridine rings is 1. The van der Waals surface area contributed by atoms with Gasteiger partial charge in [-0.2, -0.15) is 4.98 Å². The predicted octanol–water partition coefficient (Wildman–Crippen LogP) is 5.25. The topological polar surface area (TPSA) is 63.9 Å². The van der Waals surface area contributed by atoms with Gasteiger partial charge >= 0.3 is 0 Å². The Labute approximate surface area is 201 Å². The van der Waals surface area contributed by atoms with Crippen LogP contribution in [0, 0.1) is 13.8 Å². The van der Waals surface area contributed by atoms with Gasteiger partial charge in [-0.3, -0.25) is 18.9 Å². The normalized spacial score (nSPS) is 18.1. The van der Waals surface area contributed by atoms with Crippen LogP contribution in [-0.2, 0) is 4.79 Å². The fourth-order valence-electron chi connectivity index (χ4n) is 4.37. The molecule has 2 fully saturated rings. The van der Waals surface area contributed by atoms with Gasteiger partial charge in [0.05, 0.1) is 4.91 Å². The molecule has 33 heavy (non-hydrogen) atoms. The second-order valence-corrected chi connectivity index (χ2v) is 10.1. The summed E-state index contributed by atoms with van der Waals surface area (Å²) < 4.78 is 8.13. The summed E-state index contributed by atoms with van der Waals surface area (Å²) in [6.45, 7) is 3.86. The molecule has 1 saturated carbocycles. The van der Waals surface area contributed by atoms with E-state index in [0.29, 0.717) is 20.6 Å². The minimum atomic E-state index is -0.294. The number of carbonyl (C=O) groups is 1. The Balaban J connectivity index is 1.63. The summed E-state index contributed by atoms with van der Waals surface area (Å²) >= 11 is 6.76. The third kappa shape index (κ3) is 4.09. The number of amides is 1. The quantitative estimate of drug-likeness (QED) is 0.378. The highest BCUT2D eigenvalue weighted by atomic mass is 32.2. The molecule has 6 nitrogen and oxygen atoms in total. The number of thioether (sulfide) groups is 1. The molecular weight excluding hydrogens is 454 g/mol. The predicted molar refractivity (Wildman–Crippen MR) is 135 cm³/mol. The van der Waals surface area contributed by atoms with Crippen molar-refractivity contribution in [1.29, 1.82) is 0 Å².